The topological polar surface area (TPSA) is 155 Å². The Morgan fingerprint density at radius 3 is 0.929 bits per heavy atom. The molecule has 12 heteroatoms. The molecule has 6 heterocycles. The van der Waals surface area contributed by atoms with E-state index < -0.39 is 10.8 Å². The van der Waals surface area contributed by atoms with Gasteiger partial charge >= 0.3 is 0 Å². The third-order valence-electron chi connectivity index (χ3n) is 28.1. The van der Waals surface area contributed by atoms with Crippen LogP contribution < -0.4 is 0 Å². The molecule has 23 aromatic rings. The number of benzene rings is 17. The summed E-state index contributed by atoms with van der Waals surface area (Å²) in [6.07, 6.45) is 7.29. The summed E-state index contributed by atoms with van der Waals surface area (Å²) in [4.78, 5) is 58.8. The van der Waals surface area contributed by atoms with Gasteiger partial charge in [-0.2, -0.15) is 0 Å². The molecule has 0 unspecified atom stereocenters. The minimum absolute atomic E-state index is 0.153. The summed E-state index contributed by atoms with van der Waals surface area (Å²) in [6.45, 7) is 4.62. The maximum atomic E-state index is 5.14. The van der Waals surface area contributed by atoms with E-state index in [2.05, 4.69) is 333 Å². The first-order chi connectivity index (χ1) is 69.6. The molecule has 0 bridgehead atoms. The van der Waals surface area contributed by atoms with Gasteiger partial charge in [0.05, 0.1) is 22.2 Å². The van der Waals surface area contributed by atoms with Crippen molar-refractivity contribution in [2.75, 3.05) is 0 Å². The largest absolute Gasteiger partial charge is 0.265 e. The fraction of sp³-hybridized carbons (Fsp3) is 0.0388. The lowest BCUT2D eigenvalue weighted by Gasteiger charge is -2.34. The molecular weight excluding hydrogens is 1720 g/mol. The Bertz CT molecular complexity index is 8330. The molecule has 4 aliphatic carbocycles. The summed E-state index contributed by atoms with van der Waals surface area (Å²) in [6, 6.07) is 162. The zero-order chi connectivity index (χ0) is 94.0. The monoisotopic (exact) mass is 1800 g/mol. The minimum Gasteiger partial charge on any atom is -0.265 e. The van der Waals surface area contributed by atoms with Crippen LogP contribution >= 0.6 is 0 Å². The van der Waals surface area contributed by atoms with Gasteiger partial charge < -0.3 is 0 Å². The van der Waals surface area contributed by atoms with Crippen LogP contribution in [-0.2, 0) is 16.2 Å². The smallest absolute Gasteiger partial charge is 0.165 e. The quantitative estimate of drug-likeness (QED) is 0.102. The Balaban J connectivity index is 0.000000112. The van der Waals surface area contributed by atoms with Crippen molar-refractivity contribution in [2.45, 2.75) is 30.1 Å². The van der Waals surface area contributed by atoms with Gasteiger partial charge in [0.2, 0.25) is 0 Å². The van der Waals surface area contributed by atoms with Crippen molar-refractivity contribution in [2.24, 2.45) is 0 Å². The molecule has 0 fully saturated rings. The number of hydrogen-bond acceptors (Lipinski definition) is 12. The predicted octanol–water partition coefficient (Wildman–Crippen LogP) is 30.0. The van der Waals surface area contributed by atoms with Gasteiger partial charge in [0.25, 0.3) is 0 Å². The van der Waals surface area contributed by atoms with Crippen LogP contribution in [0.3, 0.4) is 0 Å². The highest BCUT2D eigenvalue weighted by molar-refractivity contribution is 6.03. The molecule has 0 radical (unpaired) electrons. The molecule has 0 amide bonds. The number of fused-ring (bicyclic) bond motifs is 18. The van der Waals surface area contributed by atoms with Gasteiger partial charge in [-0.05, 0) is 177 Å². The fourth-order valence-electron chi connectivity index (χ4n) is 21.5. The maximum absolute atomic E-state index is 5.14. The van der Waals surface area contributed by atoms with E-state index in [1.165, 1.54) is 111 Å². The summed E-state index contributed by atoms with van der Waals surface area (Å²) >= 11 is 0. The fourth-order valence-corrected chi connectivity index (χ4v) is 21.5. The molecule has 27 rings (SSSR count). The van der Waals surface area contributed by atoms with Crippen molar-refractivity contribution >= 4 is 10.8 Å². The van der Waals surface area contributed by atoms with Crippen molar-refractivity contribution in [1.82, 2.24) is 59.8 Å². The molecule has 0 N–H and O–H groups in total. The van der Waals surface area contributed by atoms with Gasteiger partial charge in [-0.1, -0.05) is 420 Å². The highest BCUT2D eigenvalue weighted by Gasteiger charge is 2.52. The lowest BCUT2D eigenvalue weighted by Crippen LogP contribution is -2.28. The molecule has 0 aliphatic heterocycles. The van der Waals surface area contributed by atoms with Gasteiger partial charge in [-0.15, -0.1) is 0 Å². The van der Waals surface area contributed by atoms with Crippen LogP contribution in [0.1, 0.15) is 69.5 Å². The molecule has 1 spiro atoms. The molecule has 4 aliphatic rings. The van der Waals surface area contributed by atoms with Crippen molar-refractivity contribution in [3.63, 3.8) is 0 Å². The molecule has 662 valence electrons. The summed E-state index contributed by atoms with van der Waals surface area (Å²) in [5.41, 5.74) is 36.4. The van der Waals surface area contributed by atoms with Crippen molar-refractivity contribution < 1.29 is 0 Å². The van der Waals surface area contributed by atoms with Crippen LogP contribution in [0.15, 0.2) is 486 Å². The lowest BCUT2D eigenvalue weighted by atomic mass is 9.67. The van der Waals surface area contributed by atoms with Crippen LogP contribution in [0.25, 0.3) is 191 Å². The summed E-state index contributed by atoms with van der Waals surface area (Å²) in [7, 11) is 0. The minimum atomic E-state index is -0.509. The number of nitrogens with zero attached hydrogens (tertiary/aromatic N) is 12. The Morgan fingerprint density at radius 2 is 0.489 bits per heavy atom. The van der Waals surface area contributed by atoms with E-state index in [1.807, 2.05) is 176 Å². The van der Waals surface area contributed by atoms with E-state index >= 15 is 0 Å². The summed E-state index contributed by atoms with van der Waals surface area (Å²) in [5.74, 6) is 5.71. The normalized spacial score (nSPS) is 12.9. The molecular formula is C129H86N12. The van der Waals surface area contributed by atoms with Gasteiger partial charge in [-0.3, -0.25) is 15.0 Å². The van der Waals surface area contributed by atoms with Crippen LogP contribution in [0.5, 0.6) is 0 Å². The maximum Gasteiger partial charge on any atom is 0.165 e. The van der Waals surface area contributed by atoms with Gasteiger partial charge in [-0.25, -0.2) is 44.9 Å². The second-order valence-corrected chi connectivity index (χ2v) is 36.5. The molecule has 0 atom stereocenters. The molecule has 17 aromatic carbocycles. The number of aromatic nitrogens is 12. The van der Waals surface area contributed by atoms with E-state index in [-0.39, 0.29) is 5.41 Å². The number of hydrogen-bond donors (Lipinski definition) is 0. The first-order valence-corrected chi connectivity index (χ1v) is 47.6. The predicted molar refractivity (Wildman–Crippen MR) is 567 cm³/mol. The third kappa shape index (κ3) is 14.8. The Kier molecular flexibility index (Phi) is 21.1. The van der Waals surface area contributed by atoms with Crippen LogP contribution in [0.2, 0.25) is 0 Å². The van der Waals surface area contributed by atoms with Crippen molar-refractivity contribution in [1.29, 1.82) is 0 Å². The second kappa shape index (κ2) is 35.3. The molecule has 12 nitrogen and oxygen atoms in total. The van der Waals surface area contributed by atoms with E-state index in [0.29, 0.717) is 52.4 Å². The summed E-state index contributed by atoms with van der Waals surface area (Å²) < 4.78 is 0. The average molecular weight is 1800 g/mol. The lowest BCUT2D eigenvalue weighted by molar-refractivity contribution is 0.661. The van der Waals surface area contributed by atoms with Crippen molar-refractivity contribution in [3.05, 3.63) is 541 Å². The zero-order valence-corrected chi connectivity index (χ0v) is 77.1. The van der Waals surface area contributed by atoms with Crippen LogP contribution in [0, 0.1) is 0 Å². The highest BCUT2D eigenvalue weighted by Crippen LogP contribution is 2.64. The number of rotatable bonds is 14. The van der Waals surface area contributed by atoms with Gasteiger partial charge in [0, 0.05) is 91.4 Å². The zero-order valence-electron chi connectivity index (χ0n) is 77.1. The third-order valence-corrected chi connectivity index (χ3v) is 28.1. The van der Waals surface area contributed by atoms with E-state index in [1.54, 1.807) is 0 Å². The molecule has 141 heavy (non-hydrogen) atoms. The number of pyridine rings is 3. The van der Waals surface area contributed by atoms with E-state index in [4.69, 9.17) is 49.8 Å². The molecule has 0 saturated carbocycles. The van der Waals surface area contributed by atoms with Gasteiger partial charge in [0.15, 0.2) is 52.4 Å². The first kappa shape index (κ1) is 84.2. The summed E-state index contributed by atoms with van der Waals surface area (Å²) in [5, 5.41) is 2.55. The standard InChI is InChI=1S/C45H28N4.C45H30N4.C39H28N4/c1-2-12-30(13-3-1)42-47-43(31-23-21-29(22-24-31)41-20-10-11-27-46-41)49-44(48-42)32-25-26-36-35-16-6-9-19-39(35)45(40(36)28-32)37-17-7-4-14-33(37)34-15-5-8-18-38(34)45;1-4-12-33(13-5-1)42-47-43(34-22-20-31(21-23-34)32-26-28-46-29-27-32)49-44(48-42)35-24-25-39-38-18-10-11-19-40(38)45(41(39)30-35,36-14-6-2-7-15-36)37-16-8-3-9-17-37;1-39(2)32-21-18-25-11-9-10-16-30(25)35(32)31-20-17-28(23-33(31)39)37-41-36(27-14-7-4-8-15-27)42-38(43-37)29-19-22-34(40-24-29)26-12-5-3-6-13-26/h1-28H;1-30H;3-24H,1-2H3. The molecule has 6 aromatic heterocycles. The second-order valence-electron chi connectivity index (χ2n) is 36.5. The Hall–Kier alpha value is -18.5. The van der Waals surface area contributed by atoms with E-state index in [9.17, 15) is 0 Å². The van der Waals surface area contributed by atoms with E-state index in [0.717, 1.165) is 83.7 Å². The Morgan fingerprint density at radius 1 is 0.177 bits per heavy atom. The van der Waals surface area contributed by atoms with Crippen LogP contribution in [-0.4, -0.2) is 59.8 Å². The Labute approximate surface area is 817 Å². The SMILES string of the molecule is CC1(C)c2cc(-c3nc(-c4ccccc4)nc(-c4ccc(-c5ccccc5)nc4)n3)ccc2-c2c1ccc1ccccc21.c1ccc(-c2nc(-c3ccc(-c4ccccn4)cc3)nc(-c3ccc4c(c3)C3(c5ccccc5-c5ccccc53)c3ccccc3-4)n2)cc1.c1ccc(-c2nc(-c3ccc(-c4ccncc4)cc3)nc(-c3ccc4c(c3)C(c3ccccc3)(c3ccccc3)c3ccccc3-4)n2)cc1. The average Bonchev–Trinajstić information content (AvgIpc) is 1.50. The van der Waals surface area contributed by atoms with Crippen molar-refractivity contribution in [3.8, 4) is 181 Å². The molecule has 0 saturated heterocycles. The van der Waals surface area contributed by atoms with Crippen LogP contribution in [0.4, 0.5) is 0 Å². The van der Waals surface area contributed by atoms with Gasteiger partial charge in [0.1, 0.15) is 0 Å². The highest BCUT2D eigenvalue weighted by atomic mass is 15.1. The first-order valence-electron chi connectivity index (χ1n) is 47.6.